The van der Waals surface area contributed by atoms with Gasteiger partial charge in [0.2, 0.25) is 5.91 Å². The fourth-order valence-electron chi connectivity index (χ4n) is 2.85. The van der Waals surface area contributed by atoms with Crippen molar-refractivity contribution in [1.29, 1.82) is 0 Å². The molecule has 3 aromatic heterocycles. The van der Waals surface area contributed by atoms with Crippen LogP contribution in [0.1, 0.15) is 31.4 Å². The van der Waals surface area contributed by atoms with Crippen molar-refractivity contribution in [2.24, 2.45) is 0 Å². The van der Waals surface area contributed by atoms with Crippen LogP contribution >= 0.6 is 22.7 Å². The van der Waals surface area contributed by atoms with Crippen LogP contribution in [0.2, 0.25) is 0 Å². The maximum atomic E-state index is 12.7. The van der Waals surface area contributed by atoms with Crippen LogP contribution in [0, 0.1) is 13.8 Å². The molecule has 0 atom stereocenters. The van der Waals surface area contributed by atoms with Gasteiger partial charge in [0, 0.05) is 16.3 Å². The second kappa shape index (κ2) is 9.18. The van der Waals surface area contributed by atoms with Crippen LogP contribution in [0.15, 0.2) is 40.3 Å². The van der Waals surface area contributed by atoms with Crippen LogP contribution in [0.5, 0.6) is 0 Å². The third-order valence-electron chi connectivity index (χ3n) is 4.31. The summed E-state index contributed by atoms with van der Waals surface area (Å²) in [4.78, 5) is 29.0. The zero-order valence-electron chi connectivity index (χ0n) is 16.0. The van der Waals surface area contributed by atoms with E-state index >= 15 is 0 Å². The maximum Gasteiger partial charge on any atom is 0.341 e. The Labute approximate surface area is 171 Å². The number of methoxy groups -OCH3 is 1. The van der Waals surface area contributed by atoms with E-state index in [4.69, 9.17) is 9.15 Å². The molecule has 0 saturated heterocycles. The quantitative estimate of drug-likeness (QED) is 0.547. The molecule has 0 fully saturated rings. The summed E-state index contributed by atoms with van der Waals surface area (Å²) in [6, 6.07) is 7.75. The molecule has 28 heavy (non-hydrogen) atoms. The number of nitrogens with zero attached hydrogens (tertiary/aromatic N) is 1. The number of amides is 1. The van der Waals surface area contributed by atoms with E-state index in [9.17, 15) is 9.59 Å². The first-order valence-corrected chi connectivity index (χ1v) is 10.4. The van der Waals surface area contributed by atoms with E-state index in [1.165, 1.54) is 18.4 Å². The van der Waals surface area contributed by atoms with Crippen LogP contribution in [0.3, 0.4) is 0 Å². The molecule has 0 radical (unpaired) electrons. The van der Waals surface area contributed by atoms with E-state index in [-0.39, 0.29) is 12.5 Å². The molecule has 0 bridgehead atoms. The van der Waals surface area contributed by atoms with Crippen LogP contribution in [0.25, 0.3) is 0 Å². The first-order chi connectivity index (χ1) is 13.5. The lowest BCUT2D eigenvalue weighted by Crippen LogP contribution is -2.32. The lowest BCUT2D eigenvalue weighted by atomic mass is 10.1. The van der Waals surface area contributed by atoms with Gasteiger partial charge in [-0.1, -0.05) is 6.07 Å². The fourth-order valence-corrected chi connectivity index (χ4v) is 4.66. The van der Waals surface area contributed by atoms with Gasteiger partial charge in [0.1, 0.15) is 10.8 Å². The van der Waals surface area contributed by atoms with Crippen LogP contribution in [0.4, 0.5) is 5.00 Å². The first kappa shape index (κ1) is 20.3. The lowest BCUT2D eigenvalue weighted by Gasteiger charge is -2.20. The predicted molar refractivity (Wildman–Crippen MR) is 111 cm³/mol. The highest BCUT2D eigenvalue weighted by atomic mass is 32.1. The summed E-state index contributed by atoms with van der Waals surface area (Å²) in [5.41, 5.74) is 1.26. The van der Waals surface area contributed by atoms with Gasteiger partial charge < -0.3 is 14.5 Å². The Hall–Kier alpha value is -2.42. The monoisotopic (exact) mass is 418 g/mol. The number of aryl methyl sites for hydroxylation is 1. The molecule has 3 heterocycles. The van der Waals surface area contributed by atoms with Crippen LogP contribution in [-0.4, -0.2) is 30.4 Å². The average molecular weight is 419 g/mol. The second-order valence-corrected chi connectivity index (χ2v) is 8.59. The molecule has 0 aliphatic heterocycles. The summed E-state index contributed by atoms with van der Waals surface area (Å²) in [5.74, 6) is 0.167. The Kier molecular flexibility index (Phi) is 6.66. The Bertz CT molecular complexity index is 894. The van der Waals surface area contributed by atoms with Gasteiger partial charge in [0.25, 0.3) is 0 Å². The molecule has 8 heteroatoms. The normalized spacial score (nSPS) is 11.0. The summed E-state index contributed by atoms with van der Waals surface area (Å²) < 4.78 is 10.3. The summed E-state index contributed by atoms with van der Waals surface area (Å²) >= 11 is 3.03. The minimum atomic E-state index is -0.442. The number of carbonyl (C=O) groups is 2. The van der Waals surface area contributed by atoms with Gasteiger partial charge in [-0.2, -0.15) is 0 Å². The van der Waals surface area contributed by atoms with Crippen LogP contribution < -0.4 is 5.32 Å². The van der Waals surface area contributed by atoms with Gasteiger partial charge in [0.15, 0.2) is 0 Å². The number of esters is 1. The minimum Gasteiger partial charge on any atom is -0.468 e. The Balaban J connectivity index is 1.73. The number of rotatable bonds is 8. The maximum absolute atomic E-state index is 12.7. The van der Waals surface area contributed by atoms with Crippen LogP contribution in [-0.2, 0) is 22.6 Å². The molecule has 0 aliphatic carbocycles. The number of thiophene rings is 2. The third-order valence-corrected chi connectivity index (χ3v) is 6.30. The molecule has 0 saturated carbocycles. The van der Waals surface area contributed by atoms with E-state index in [1.807, 2.05) is 48.4 Å². The number of ether oxygens (including phenoxy) is 1. The van der Waals surface area contributed by atoms with Crippen molar-refractivity contribution in [3.8, 4) is 0 Å². The van der Waals surface area contributed by atoms with E-state index in [1.54, 1.807) is 17.6 Å². The van der Waals surface area contributed by atoms with Gasteiger partial charge in [0.05, 0.1) is 32.0 Å². The summed E-state index contributed by atoms with van der Waals surface area (Å²) in [5, 5.41) is 5.43. The smallest absolute Gasteiger partial charge is 0.341 e. The Morgan fingerprint density at radius 1 is 1.21 bits per heavy atom. The summed E-state index contributed by atoms with van der Waals surface area (Å²) in [7, 11) is 1.34. The molecule has 0 aromatic carbocycles. The second-order valence-electron chi connectivity index (χ2n) is 6.33. The first-order valence-electron chi connectivity index (χ1n) is 8.73. The predicted octanol–water partition coefficient (Wildman–Crippen LogP) is 4.45. The third kappa shape index (κ3) is 4.89. The average Bonchev–Trinajstić information content (AvgIpc) is 3.39. The van der Waals surface area contributed by atoms with Crippen molar-refractivity contribution in [2.75, 3.05) is 19.0 Å². The standard InChI is InChI=1S/C20H22N2O4S2/c1-13-14(2)28-19(18(13)20(24)25-3)21-17(23)12-22(10-15-6-4-8-26-15)11-16-7-5-9-27-16/h4-9H,10-12H2,1-3H3,(H,21,23). The molecule has 3 aromatic rings. The van der Waals surface area contributed by atoms with Crippen molar-refractivity contribution in [2.45, 2.75) is 26.9 Å². The molecule has 148 valence electrons. The SMILES string of the molecule is COC(=O)c1c(NC(=O)CN(Cc2ccco2)Cc2cccs2)sc(C)c1C. The number of hydrogen-bond donors (Lipinski definition) is 1. The van der Waals surface area contributed by atoms with Crippen molar-refractivity contribution in [1.82, 2.24) is 4.90 Å². The van der Waals surface area contributed by atoms with E-state index in [0.717, 1.165) is 21.1 Å². The molecule has 0 unspecified atom stereocenters. The highest BCUT2D eigenvalue weighted by Gasteiger charge is 2.22. The minimum absolute atomic E-state index is 0.176. The highest BCUT2D eigenvalue weighted by molar-refractivity contribution is 7.16. The van der Waals surface area contributed by atoms with Crippen molar-refractivity contribution < 1.29 is 18.7 Å². The van der Waals surface area contributed by atoms with Gasteiger partial charge in [-0.3, -0.25) is 9.69 Å². The van der Waals surface area contributed by atoms with Gasteiger partial charge >= 0.3 is 5.97 Å². The van der Waals surface area contributed by atoms with E-state index in [2.05, 4.69) is 5.32 Å². The van der Waals surface area contributed by atoms with E-state index < -0.39 is 5.97 Å². The molecule has 1 amide bonds. The molecule has 1 N–H and O–H groups in total. The Morgan fingerprint density at radius 3 is 2.68 bits per heavy atom. The molecule has 0 aliphatic rings. The number of carbonyl (C=O) groups excluding carboxylic acids is 2. The fraction of sp³-hybridized carbons (Fsp3) is 0.300. The van der Waals surface area contributed by atoms with Crippen molar-refractivity contribution >= 4 is 39.6 Å². The Morgan fingerprint density at radius 2 is 2.04 bits per heavy atom. The van der Waals surface area contributed by atoms with Crippen molar-refractivity contribution in [3.63, 3.8) is 0 Å². The number of nitrogens with one attached hydrogen (secondary N) is 1. The zero-order valence-corrected chi connectivity index (χ0v) is 17.6. The summed E-state index contributed by atoms with van der Waals surface area (Å²) in [6.45, 7) is 5.11. The number of hydrogen-bond acceptors (Lipinski definition) is 7. The topological polar surface area (TPSA) is 71.8 Å². The number of furan rings is 1. The highest BCUT2D eigenvalue weighted by Crippen LogP contribution is 2.33. The lowest BCUT2D eigenvalue weighted by molar-refractivity contribution is -0.117. The largest absolute Gasteiger partial charge is 0.468 e. The number of anilines is 1. The molecule has 3 rings (SSSR count). The van der Waals surface area contributed by atoms with Gasteiger partial charge in [-0.15, -0.1) is 22.7 Å². The van der Waals surface area contributed by atoms with Gasteiger partial charge in [-0.05, 0) is 43.0 Å². The summed E-state index contributed by atoms with van der Waals surface area (Å²) in [6.07, 6.45) is 1.62. The zero-order chi connectivity index (χ0) is 20.1. The van der Waals surface area contributed by atoms with E-state index in [0.29, 0.717) is 23.7 Å². The molecular weight excluding hydrogens is 396 g/mol. The molecular formula is C20H22N2O4S2. The van der Waals surface area contributed by atoms with Crippen molar-refractivity contribution in [3.05, 3.63) is 62.6 Å². The molecule has 0 spiro atoms. The molecule has 6 nitrogen and oxygen atoms in total. The van der Waals surface area contributed by atoms with Gasteiger partial charge in [-0.25, -0.2) is 4.79 Å².